The Morgan fingerprint density at radius 2 is 1.49 bits per heavy atom. The van der Waals surface area contributed by atoms with Crippen molar-refractivity contribution in [1.82, 2.24) is 0 Å². The lowest BCUT2D eigenvalue weighted by molar-refractivity contribution is -0.248. The van der Waals surface area contributed by atoms with Crippen molar-refractivity contribution in [2.75, 3.05) is 0 Å². The summed E-state index contributed by atoms with van der Waals surface area (Å²) in [5.41, 5.74) is 0.141. The molecule has 0 saturated heterocycles. The summed E-state index contributed by atoms with van der Waals surface area (Å²) < 4.78 is 131. The molecule has 0 aromatic heterocycles. The first-order valence-corrected chi connectivity index (χ1v) is 14.9. The van der Waals surface area contributed by atoms with Gasteiger partial charge in [-0.1, -0.05) is 26.0 Å². The van der Waals surface area contributed by atoms with Crippen molar-refractivity contribution >= 4 is 71.4 Å². The average Bonchev–Trinajstić information content (AvgIpc) is 2.77. The molecule has 2 atom stereocenters. The van der Waals surface area contributed by atoms with E-state index in [-0.39, 0.29) is 23.7 Å². The monoisotopic (exact) mass is 798 g/mol. The van der Waals surface area contributed by atoms with Crippen molar-refractivity contribution in [1.29, 1.82) is 0 Å². The fraction of sp³-hybridized carbons (Fsp3) is 0.350. The average molecular weight is 798 g/mol. The predicted octanol–water partition coefficient (Wildman–Crippen LogP) is 5.75. The maximum Gasteiger partial charge on any atom is 0.432 e. The molecular formula is C20H17F5I2O8S2. The van der Waals surface area contributed by atoms with E-state index in [0.29, 0.717) is 0 Å². The highest BCUT2D eigenvalue weighted by atomic mass is 127. The van der Waals surface area contributed by atoms with Gasteiger partial charge in [0.25, 0.3) is 6.10 Å². The van der Waals surface area contributed by atoms with E-state index in [1.54, 1.807) is 12.1 Å². The van der Waals surface area contributed by atoms with Crippen molar-refractivity contribution < 1.29 is 57.1 Å². The minimum absolute atomic E-state index is 0.124. The van der Waals surface area contributed by atoms with Crippen LogP contribution in [0.2, 0.25) is 0 Å². The molecule has 17 heteroatoms. The molecule has 37 heavy (non-hydrogen) atoms. The van der Waals surface area contributed by atoms with Crippen molar-refractivity contribution in [3.63, 3.8) is 0 Å². The summed E-state index contributed by atoms with van der Waals surface area (Å²) in [6.07, 6.45) is -9.77. The maximum absolute atomic E-state index is 13.7. The van der Waals surface area contributed by atoms with Gasteiger partial charge in [0.05, 0.1) is 12.7 Å². The van der Waals surface area contributed by atoms with Crippen molar-refractivity contribution in [3.05, 3.63) is 54.7 Å². The van der Waals surface area contributed by atoms with Gasteiger partial charge in [0.15, 0.2) is 5.75 Å². The van der Waals surface area contributed by atoms with Crippen molar-refractivity contribution in [3.8, 4) is 5.75 Å². The second kappa shape index (κ2) is 11.4. The van der Waals surface area contributed by atoms with E-state index in [1.165, 1.54) is 57.3 Å². The quantitative estimate of drug-likeness (QED) is 0.112. The van der Waals surface area contributed by atoms with Gasteiger partial charge in [0.1, 0.15) is 4.90 Å². The Labute approximate surface area is 236 Å². The maximum atomic E-state index is 13.7. The normalized spacial score (nSPS) is 14.6. The van der Waals surface area contributed by atoms with E-state index in [4.69, 9.17) is 8.74 Å². The molecule has 0 heterocycles. The summed E-state index contributed by atoms with van der Waals surface area (Å²) in [6.45, 7) is 3.92. The summed E-state index contributed by atoms with van der Waals surface area (Å²) >= 11 is 2.99. The van der Waals surface area contributed by atoms with Crippen LogP contribution >= 0.6 is 45.2 Å². The summed E-state index contributed by atoms with van der Waals surface area (Å²) in [5.74, 6) is -2.14. The van der Waals surface area contributed by atoms with Crippen LogP contribution < -0.4 is 4.18 Å². The first-order valence-electron chi connectivity index (χ1n) is 9.88. The minimum atomic E-state index is -6.61. The molecular weight excluding hydrogens is 781 g/mol. The van der Waals surface area contributed by atoms with E-state index in [9.17, 15) is 43.6 Å². The Bertz CT molecular complexity index is 1360. The number of esters is 1. The third-order valence-electron chi connectivity index (χ3n) is 4.95. The molecule has 0 bridgehead atoms. The Hall–Kier alpha value is -1.32. The number of benzene rings is 2. The second-order valence-corrected chi connectivity index (χ2v) is 12.9. The molecule has 0 radical (unpaired) electrons. The van der Waals surface area contributed by atoms with Crippen LogP contribution in [-0.2, 0) is 25.0 Å². The molecule has 0 aliphatic carbocycles. The molecule has 0 saturated carbocycles. The fourth-order valence-electron chi connectivity index (χ4n) is 2.75. The molecule has 1 N–H and O–H groups in total. The molecule has 0 aliphatic heterocycles. The minimum Gasteiger partial charge on any atom is -0.441 e. The van der Waals surface area contributed by atoms with Gasteiger partial charge in [-0.15, -0.1) is 0 Å². The number of hydrogen-bond donors (Lipinski definition) is 1. The summed E-state index contributed by atoms with van der Waals surface area (Å²) in [6, 6.07) is 7.46. The third kappa shape index (κ3) is 7.41. The van der Waals surface area contributed by atoms with Crippen molar-refractivity contribution in [2.24, 2.45) is 0 Å². The third-order valence-corrected chi connectivity index (χ3v) is 8.69. The zero-order chi connectivity index (χ0) is 28.6. The lowest BCUT2D eigenvalue weighted by Gasteiger charge is -2.26. The first kappa shape index (κ1) is 31.9. The van der Waals surface area contributed by atoms with Gasteiger partial charge in [-0.25, -0.2) is 4.79 Å². The second-order valence-electron chi connectivity index (χ2n) is 7.55. The van der Waals surface area contributed by atoms with Crippen LogP contribution in [-0.4, -0.2) is 44.9 Å². The fourth-order valence-corrected chi connectivity index (χ4v) is 6.45. The van der Waals surface area contributed by atoms with E-state index in [1.807, 2.05) is 13.8 Å². The zero-order valence-corrected chi connectivity index (χ0v) is 24.5. The molecule has 8 nitrogen and oxygen atoms in total. The molecule has 2 unspecified atom stereocenters. The van der Waals surface area contributed by atoms with E-state index in [0.717, 1.165) is 24.1 Å². The summed E-state index contributed by atoms with van der Waals surface area (Å²) in [4.78, 5) is 12.0. The van der Waals surface area contributed by atoms with Crippen LogP contribution in [0.1, 0.15) is 42.1 Å². The Morgan fingerprint density at radius 3 is 1.89 bits per heavy atom. The highest BCUT2D eigenvalue weighted by Crippen LogP contribution is 2.39. The number of carbonyl (C=O) groups excluding carboxylic acids is 1. The van der Waals surface area contributed by atoms with Gasteiger partial charge in [0, 0.05) is 0 Å². The smallest absolute Gasteiger partial charge is 0.432 e. The van der Waals surface area contributed by atoms with Gasteiger partial charge in [0.2, 0.25) is 0 Å². The number of halogens is 7. The Balaban J connectivity index is 2.37. The van der Waals surface area contributed by atoms with Gasteiger partial charge in [-0.2, -0.15) is 38.8 Å². The molecule has 0 spiro atoms. The molecule has 2 rings (SSSR count). The summed E-state index contributed by atoms with van der Waals surface area (Å²) in [7, 11) is -11.0. The largest absolute Gasteiger partial charge is 0.441 e. The molecule has 0 amide bonds. The van der Waals surface area contributed by atoms with Crippen LogP contribution in [0.15, 0.2) is 41.3 Å². The highest BCUT2D eigenvalue weighted by molar-refractivity contribution is 14.1. The van der Waals surface area contributed by atoms with E-state index >= 15 is 0 Å². The first-order chi connectivity index (χ1) is 16.7. The van der Waals surface area contributed by atoms with Crippen LogP contribution in [0.25, 0.3) is 0 Å². The number of hydrogen-bond acceptors (Lipinski definition) is 7. The molecule has 2 aromatic carbocycles. The van der Waals surface area contributed by atoms with Crippen molar-refractivity contribution in [2.45, 2.75) is 48.6 Å². The molecule has 0 aliphatic rings. The number of ether oxygens (including phenoxy) is 1. The van der Waals surface area contributed by atoms with Crippen LogP contribution in [0.5, 0.6) is 5.75 Å². The standard InChI is InChI=1S/C20H17F5I2O8S2/c1-3-10(2)11-4-6-13(7-5-11)36(29,30)35-16-14(26)8-12(9-15(16)27)17(28)34-18(19(21,22)23)20(24,25)37(31,32)33/h4-10,18H,3H2,1-2H3,(H,31,32,33). The Kier molecular flexibility index (Phi) is 9.85. The van der Waals surface area contributed by atoms with Gasteiger partial charge < -0.3 is 8.92 Å². The van der Waals surface area contributed by atoms with Crippen LogP contribution in [0, 0.1) is 7.14 Å². The zero-order valence-electron chi connectivity index (χ0n) is 18.6. The van der Waals surface area contributed by atoms with E-state index < -0.39 is 49.3 Å². The molecule has 0 fully saturated rings. The molecule has 206 valence electrons. The Morgan fingerprint density at radius 1 is 1.00 bits per heavy atom. The van der Waals surface area contributed by atoms with Gasteiger partial charge in [-0.3, -0.25) is 4.55 Å². The number of rotatable bonds is 9. The van der Waals surface area contributed by atoms with Gasteiger partial charge >= 0.3 is 37.6 Å². The van der Waals surface area contributed by atoms with Gasteiger partial charge in [-0.05, 0) is 87.3 Å². The lowest BCUT2D eigenvalue weighted by Crippen LogP contribution is -2.52. The number of carbonyl (C=O) groups is 1. The summed E-state index contributed by atoms with van der Waals surface area (Å²) in [5, 5.41) is -5.90. The predicted molar refractivity (Wildman–Crippen MR) is 137 cm³/mol. The highest BCUT2D eigenvalue weighted by Gasteiger charge is 2.66. The molecule has 2 aromatic rings. The SMILES string of the molecule is CCC(C)c1ccc(S(=O)(=O)Oc2c(I)cc(C(=O)OC(C(F)(F)F)C(F)(F)S(=O)(=O)O)cc2I)cc1. The topological polar surface area (TPSA) is 124 Å². The van der Waals surface area contributed by atoms with Crippen LogP contribution in [0.3, 0.4) is 0 Å². The lowest BCUT2D eigenvalue weighted by atomic mass is 9.99. The van der Waals surface area contributed by atoms with E-state index in [2.05, 4.69) is 4.74 Å². The number of alkyl halides is 5. The van der Waals surface area contributed by atoms with Crippen LogP contribution in [0.4, 0.5) is 22.0 Å².